The molecule has 0 aliphatic rings. The fourth-order valence-corrected chi connectivity index (χ4v) is 4.80. The van der Waals surface area contributed by atoms with Crippen molar-refractivity contribution in [3.8, 4) is 0 Å². The summed E-state index contributed by atoms with van der Waals surface area (Å²) in [5.74, 6) is -4.27. The number of rotatable bonds is 27. The largest absolute Gasteiger partial charge is 0.331 e. The van der Waals surface area contributed by atoms with Crippen molar-refractivity contribution in [1.29, 1.82) is 0 Å². The van der Waals surface area contributed by atoms with Gasteiger partial charge in [-0.05, 0) is 78.2 Å². The molecule has 0 atom stereocenters. The second-order valence-corrected chi connectivity index (χ2v) is 9.67. The van der Waals surface area contributed by atoms with Crippen molar-refractivity contribution in [3.05, 3.63) is 0 Å². The molecular formula is C29H63N3O7. The Morgan fingerprint density at radius 2 is 0.615 bits per heavy atom. The zero-order chi connectivity index (χ0) is 29.8. The molecule has 236 valence electrons. The Kier molecular flexibility index (Phi) is 21.1. The molecule has 10 heteroatoms. The number of ether oxygens (including phenoxy) is 7. The Bertz CT molecular complexity index is 529. The highest BCUT2D eigenvalue weighted by molar-refractivity contribution is 4.72. The number of hydrogen-bond donors (Lipinski definition) is 0. The predicted molar refractivity (Wildman–Crippen MR) is 156 cm³/mol. The first-order valence-electron chi connectivity index (χ1n) is 15.0. The first kappa shape index (κ1) is 38.6. The SMILES string of the molecule is CCN(CC)CCCC(OC)(OC)OC(CCCN(CC)CC)(OC)OC(CCCN(CC)CC)(OC)OC. The maximum atomic E-state index is 6.60. The van der Waals surface area contributed by atoms with E-state index in [-0.39, 0.29) is 0 Å². The molecule has 10 nitrogen and oxygen atoms in total. The zero-order valence-corrected chi connectivity index (χ0v) is 27.3. The van der Waals surface area contributed by atoms with E-state index in [2.05, 4.69) is 56.2 Å². The van der Waals surface area contributed by atoms with E-state index in [1.807, 2.05) is 0 Å². The van der Waals surface area contributed by atoms with Crippen molar-refractivity contribution in [3.63, 3.8) is 0 Å². The van der Waals surface area contributed by atoms with E-state index in [9.17, 15) is 0 Å². The van der Waals surface area contributed by atoms with Gasteiger partial charge in [0.05, 0.1) is 0 Å². The maximum absolute atomic E-state index is 6.60. The van der Waals surface area contributed by atoms with E-state index in [1.54, 1.807) is 35.5 Å². The van der Waals surface area contributed by atoms with Crippen molar-refractivity contribution in [2.24, 2.45) is 0 Å². The summed E-state index contributed by atoms with van der Waals surface area (Å²) in [5.41, 5.74) is 0. The highest BCUT2D eigenvalue weighted by Gasteiger charge is 2.50. The molecule has 0 aromatic heterocycles. The summed E-state index contributed by atoms with van der Waals surface area (Å²) in [7, 11) is 7.92. The molecule has 0 spiro atoms. The normalized spacial score (nSPS) is 13.4. The lowest BCUT2D eigenvalue weighted by molar-refractivity contribution is -0.549. The Morgan fingerprint density at radius 3 is 0.821 bits per heavy atom. The van der Waals surface area contributed by atoms with Crippen LogP contribution >= 0.6 is 0 Å². The monoisotopic (exact) mass is 565 g/mol. The lowest BCUT2D eigenvalue weighted by atomic mass is 10.2. The van der Waals surface area contributed by atoms with Crippen molar-refractivity contribution >= 4 is 0 Å². The van der Waals surface area contributed by atoms with E-state index in [0.717, 1.165) is 78.2 Å². The fraction of sp³-hybridized carbons (Fsp3) is 1.00. The van der Waals surface area contributed by atoms with Crippen LogP contribution in [0.25, 0.3) is 0 Å². The summed E-state index contributed by atoms with van der Waals surface area (Å²) in [6.45, 7) is 21.5. The molecule has 39 heavy (non-hydrogen) atoms. The van der Waals surface area contributed by atoms with Gasteiger partial charge in [0.25, 0.3) is 17.9 Å². The predicted octanol–water partition coefficient (Wildman–Crippen LogP) is 4.58. The van der Waals surface area contributed by atoms with Crippen molar-refractivity contribution < 1.29 is 33.2 Å². The van der Waals surface area contributed by atoms with Gasteiger partial charge in [0.2, 0.25) is 0 Å². The highest BCUT2D eigenvalue weighted by atomic mass is 17.0. The van der Waals surface area contributed by atoms with Gasteiger partial charge in [-0.1, -0.05) is 41.5 Å². The molecule has 0 aromatic carbocycles. The van der Waals surface area contributed by atoms with E-state index < -0.39 is 17.9 Å². The van der Waals surface area contributed by atoms with E-state index in [1.165, 1.54) is 0 Å². The van der Waals surface area contributed by atoms with Crippen LogP contribution in [0.15, 0.2) is 0 Å². The summed E-state index contributed by atoms with van der Waals surface area (Å²) >= 11 is 0. The average molecular weight is 566 g/mol. The second-order valence-electron chi connectivity index (χ2n) is 9.67. The Labute approximate surface area is 240 Å². The molecule has 0 N–H and O–H groups in total. The molecule has 0 saturated carbocycles. The molecular weight excluding hydrogens is 502 g/mol. The topological polar surface area (TPSA) is 74.3 Å². The highest BCUT2D eigenvalue weighted by Crippen LogP contribution is 2.37. The van der Waals surface area contributed by atoms with Crippen LogP contribution in [0.4, 0.5) is 0 Å². The smallest absolute Gasteiger partial charge is 0.291 e. The van der Waals surface area contributed by atoms with Gasteiger partial charge >= 0.3 is 0 Å². The summed E-state index contributed by atoms with van der Waals surface area (Å²) < 4.78 is 42.7. The summed E-state index contributed by atoms with van der Waals surface area (Å²) in [6.07, 6.45) is 3.81. The van der Waals surface area contributed by atoms with Gasteiger partial charge in [0.1, 0.15) is 0 Å². The third kappa shape index (κ3) is 13.4. The second kappa shape index (κ2) is 21.3. The van der Waals surface area contributed by atoms with Crippen LogP contribution in [0.2, 0.25) is 0 Å². The van der Waals surface area contributed by atoms with E-state index in [4.69, 9.17) is 33.2 Å². The third-order valence-electron chi connectivity index (χ3n) is 7.73. The lowest BCUT2D eigenvalue weighted by Gasteiger charge is -2.45. The van der Waals surface area contributed by atoms with Crippen LogP contribution in [-0.2, 0) is 33.2 Å². The minimum atomic E-state index is -1.53. The number of nitrogens with zero attached hydrogens (tertiary/aromatic N) is 3. The molecule has 0 aromatic rings. The molecule has 0 bridgehead atoms. The van der Waals surface area contributed by atoms with E-state index >= 15 is 0 Å². The van der Waals surface area contributed by atoms with Gasteiger partial charge in [-0.15, -0.1) is 0 Å². The van der Waals surface area contributed by atoms with Crippen LogP contribution in [0.5, 0.6) is 0 Å². The molecule has 0 aliphatic heterocycles. The first-order chi connectivity index (χ1) is 18.7. The number of hydrogen-bond acceptors (Lipinski definition) is 10. The standard InChI is InChI=1S/C29H63N3O7/c1-12-30(13-2)24-18-21-27(33-7,34-8)38-29(37-11,23-20-26-32(16-5)17-6)39-28(35-9,36-10)22-19-25-31(14-3)15-4/h12-26H2,1-11H3. The molecule has 0 rings (SSSR count). The van der Waals surface area contributed by atoms with Crippen molar-refractivity contribution in [2.45, 2.75) is 98.0 Å². The minimum absolute atomic E-state index is 0.426. The molecule has 0 saturated heterocycles. The van der Waals surface area contributed by atoms with Gasteiger partial charge in [-0.2, -0.15) is 0 Å². The van der Waals surface area contributed by atoms with Crippen molar-refractivity contribution in [1.82, 2.24) is 14.7 Å². The molecule has 0 amide bonds. The van der Waals surface area contributed by atoms with Crippen LogP contribution < -0.4 is 0 Å². The Morgan fingerprint density at radius 1 is 0.385 bits per heavy atom. The van der Waals surface area contributed by atoms with Crippen LogP contribution in [-0.4, -0.2) is 127 Å². The number of methoxy groups -OCH3 is 5. The molecule has 0 radical (unpaired) electrons. The Hall–Kier alpha value is -0.400. The minimum Gasteiger partial charge on any atom is -0.331 e. The zero-order valence-electron chi connectivity index (χ0n) is 27.3. The third-order valence-corrected chi connectivity index (χ3v) is 7.73. The molecule has 0 fully saturated rings. The quantitative estimate of drug-likeness (QED) is 0.132. The summed E-state index contributed by atoms with van der Waals surface area (Å²) in [5, 5.41) is 0. The molecule has 0 unspecified atom stereocenters. The summed E-state index contributed by atoms with van der Waals surface area (Å²) in [4.78, 5) is 7.07. The fourth-order valence-electron chi connectivity index (χ4n) is 4.80. The van der Waals surface area contributed by atoms with Crippen LogP contribution in [0, 0.1) is 0 Å². The van der Waals surface area contributed by atoms with Crippen LogP contribution in [0.3, 0.4) is 0 Å². The van der Waals surface area contributed by atoms with Gasteiger partial charge in [-0.3, -0.25) is 9.47 Å². The van der Waals surface area contributed by atoms with Gasteiger partial charge < -0.3 is 38.4 Å². The summed E-state index contributed by atoms with van der Waals surface area (Å²) in [6, 6.07) is 0. The first-order valence-corrected chi connectivity index (χ1v) is 15.0. The average Bonchev–Trinajstić information content (AvgIpc) is 2.98. The molecule has 0 aliphatic carbocycles. The lowest BCUT2D eigenvalue weighted by Crippen LogP contribution is -2.56. The Balaban J connectivity index is 6.06. The molecule has 0 heterocycles. The van der Waals surface area contributed by atoms with E-state index in [0.29, 0.717) is 19.3 Å². The van der Waals surface area contributed by atoms with Gasteiger partial charge in [0.15, 0.2) is 0 Å². The maximum Gasteiger partial charge on any atom is 0.291 e. The van der Waals surface area contributed by atoms with Crippen molar-refractivity contribution in [2.75, 3.05) is 94.5 Å². The van der Waals surface area contributed by atoms with Gasteiger partial charge in [0, 0.05) is 54.8 Å². The van der Waals surface area contributed by atoms with Gasteiger partial charge in [-0.25, -0.2) is 0 Å². The van der Waals surface area contributed by atoms with Crippen LogP contribution in [0.1, 0.15) is 80.1 Å².